The molecule has 1 heterocycles. The quantitative estimate of drug-likeness (QED) is 0.721. The van der Waals surface area contributed by atoms with E-state index in [1.807, 2.05) is 4.57 Å². The van der Waals surface area contributed by atoms with Crippen molar-refractivity contribution in [2.24, 2.45) is 5.92 Å². The summed E-state index contributed by atoms with van der Waals surface area (Å²) in [7, 11) is 1.70. The lowest BCUT2D eigenvalue weighted by atomic mass is 10.2. The minimum atomic E-state index is 0.458. The molecule has 0 aliphatic rings. The molecular formula is C7H13N3OS. The molecule has 12 heavy (non-hydrogen) atoms. The van der Waals surface area contributed by atoms with Crippen molar-refractivity contribution in [1.82, 2.24) is 14.8 Å². The molecule has 5 heteroatoms. The summed E-state index contributed by atoms with van der Waals surface area (Å²) in [6.07, 6.45) is 1.70. The molecule has 0 fully saturated rings. The van der Waals surface area contributed by atoms with Gasteiger partial charge in [-0.2, -0.15) is 5.10 Å². The summed E-state index contributed by atoms with van der Waals surface area (Å²) in [6, 6.07) is 0. The van der Waals surface area contributed by atoms with Crippen LogP contribution < -0.4 is 0 Å². The van der Waals surface area contributed by atoms with E-state index >= 15 is 0 Å². The molecule has 0 saturated heterocycles. The van der Waals surface area contributed by atoms with Crippen LogP contribution >= 0.6 is 12.2 Å². The Morgan fingerprint density at radius 2 is 2.58 bits per heavy atom. The van der Waals surface area contributed by atoms with E-state index in [1.165, 1.54) is 0 Å². The van der Waals surface area contributed by atoms with Crippen molar-refractivity contribution in [1.29, 1.82) is 0 Å². The smallest absolute Gasteiger partial charge is 0.194 e. The molecule has 0 bridgehead atoms. The lowest BCUT2D eigenvalue weighted by Crippen LogP contribution is -2.11. The van der Waals surface area contributed by atoms with Gasteiger partial charge in [-0.1, -0.05) is 6.92 Å². The highest BCUT2D eigenvalue weighted by Crippen LogP contribution is 2.00. The first-order valence-electron chi connectivity index (χ1n) is 3.82. The van der Waals surface area contributed by atoms with Gasteiger partial charge in [-0.15, -0.1) is 0 Å². The Bertz CT molecular complexity index is 280. The highest BCUT2D eigenvalue weighted by atomic mass is 32.1. The fraction of sp³-hybridized carbons (Fsp3) is 0.714. The number of hydrogen-bond acceptors (Lipinski definition) is 3. The van der Waals surface area contributed by atoms with Gasteiger partial charge >= 0.3 is 0 Å². The monoisotopic (exact) mass is 187 g/mol. The molecule has 1 N–H and O–H groups in total. The Morgan fingerprint density at radius 1 is 1.83 bits per heavy atom. The first kappa shape index (κ1) is 9.41. The average molecular weight is 187 g/mol. The van der Waals surface area contributed by atoms with Crippen LogP contribution in [0.4, 0.5) is 0 Å². The molecule has 0 aromatic carbocycles. The molecule has 1 rings (SSSR count). The van der Waals surface area contributed by atoms with Crippen molar-refractivity contribution in [2.45, 2.75) is 13.5 Å². The van der Waals surface area contributed by atoms with Crippen LogP contribution in [0.5, 0.6) is 0 Å². The largest absolute Gasteiger partial charge is 0.384 e. The highest BCUT2D eigenvalue weighted by molar-refractivity contribution is 7.71. The zero-order valence-corrected chi connectivity index (χ0v) is 8.10. The van der Waals surface area contributed by atoms with Gasteiger partial charge in [0.1, 0.15) is 6.33 Å². The maximum absolute atomic E-state index is 5.01. The van der Waals surface area contributed by atoms with Gasteiger partial charge in [-0.3, -0.25) is 5.10 Å². The number of rotatable bonds is 4. The average Bonchev–Trinajstić information content (AvgIpc) is 2.37. The molecular weight excluding hydrogens is 174 g/mol. The Morgan fingerprint density at radius 3 is 3.08 bits per heavy atom. The standard InChI is InChI=1S/C7H13N3OS/c1-6(4-11-2)3-10-5-8-9-7(10)12/h5-6H,3-4H2,1-2H3,(H,9,12). The molecule has 0 spiro atoms. The van der Waals surface area contributed by atoms with Crippen molar-refractivity contribution in [3.8, 4) is 0 Å². The number of aromatic nitrogens is 3. The minimum absolute atomic E-state index is 0.458. The van der Waals surface area contributed by atoms with Gasteiger partial charge in [-0.05, 0) is 18.1 Å². The number of nitrogens with zero attached hydrogens (tertiary/aromatic N) is 2. The Hall–Kier alpha value is -0.680. The maximum atomic E-state index is 5.01. The molecule has 1 atom stereocenters. The maximum Gasteiger partial charge on any atom is 0.194 e. The van der Waals surface area contributed by atoms with Crippen LogP contribution in [-0.2, 0) is 11.3 Å². The summed E-state index contributed by atoms with van der Waals surface area (Å²) in [6.45, 7) is 3.70. The predicted octanol–water partition coefficient (Wildman–Crippen LogP) is 1.22. The molecule has 68 valence electrons. The van der Waals surface area contributed by atoms with Gasteiger partial charge in [0.05, 0.1) is 6.61 Å². The molecule has 1 aromatic rings. The van der Waals surface area contributed by atoms with Crippen LogP contribution in [0.2, 0.25) is 0 Å². The number of methoxy groups -OCH3 is 1. The molecule has 4 nitrogen and oxygen atoms in total. The zero-order chi connectivity index (χ0) is 8.97. The summed E-state index contributed by atoms with van der Waals surface area (Å²) in [5.41, 5.74) is 0. The third-order valence-corrected chi connectivity index (χ3v) is 1.90. The first-order valence-corrected chi connectivity index (χ1v) is 4.23. The fourth-order valence-corrected chi connectivity index (χ4v) is 1.25. The van der Waals surface area contributed by atoms with Crippen molar-refractivity contribution >= 4 is 12.2 Å². The van der Waals surface area contributed by atoms with E-state index in [0.717, 1.165) is 13.2 Å². The number of ether oxygens (including phenoxy) is 1. The Kier molecular flexibility index (Phi) is 3.43. The third kappa shape index (κ3) is 2.42. The van der Waals surface area contributed by atoms with Gasteiger partial charge in [0.15, 0.2) is 4.77 Å². The van der Waals surface area contributed by atoms with Gasteiger partial charge < -0.3 is 9.30 Å². The molecule has 1 unspecified atom stereocenters. The van der Waals surface area contributed by atoms with Crippen LogP contribution in [0.3, 0.4) is 0 Å². The van der Waals surface area contributed by atoms with Gasteiger partial charge in [0.25, 0.3) is 0 Å². The van der Waals surface area contributed by atoms with Crippen molar-refractivity contribution < 1.29 is 4.74 Å². The molecule has 0 aliphatic carbocycles. The molecule has 1 aromatic heterocycles. The van der Waals surface area contributed by atoms with Gasteiger partial charge in [0.2, 0.25) is 0 Å². The Balaban J connectivity index is 2.52. The minimum Gasteiger partial charge on any atom is -0.384 e. The second-order valence-electron chi connectivity index (χ2n) is 2.87. The number of nitrogens with one attached hydrogen (secondary N) is 1. The number of hydrogen-bond donors (Lipinski definition) is 1. The van der Waals surface area contributed by atoms with Crippen LogP contribution in [0.25, 0.3) is 0 Å². The second kappa shape index (κ2) is 4.37. The normalized spacial score (nSPS) is 13.2. The summed E-state index contributed by atoms with van der Waals surface area (Å²) < 4.78 is 7.58. The SMILES string of the molecule is COCC(C)Cn1cn[nH]c1=S. The first-order chi connectivity index (χ1) is 5.74. The summed E-state index contributed by atoms with van der Waals surface area (Å²) in [5.74, 6) is 0.458. The lowest BCUT2D eigenvalue weighted by molar-refractivity contribution is 0.151. The summed E-state index contributed by atoms with van der Waals surface area (Å²) in [5, 5.41) is 6.53. The van der Waals surface area contributed by atoms with Crippen molar-refractivity contribution in [2.75, 3.05) is 13.7 Å². The summed E-state index contributed by atoms with van der Waals surface area (Å²) in [4.78, 5) is 0. The van der Waals surface area contributed by atoms with E-state index in [4.69, 9.17) is 17.0 Å². The molecule has 0 aliphatic heterocycles. The molecule has 0 radical (unpaired) electrons. The van der Waals surface area contributed by atoms with Gasteiger partial charge in [-0.25, -0.2) is 0 Å². The number of aromatic amines is 1. The third-order valence-electron chi connectivity index (χ3n) is 1.58. The van der Waals surface area contributed by atoms with E-state index in [9.17, 15) is 0 Å². The van der Waals surface area contributed by atoms with Crippen LogP contribution in [0.15, 0.2) is 6.33 Å². The molecule has 0 amide bonds. The van der Waals surface area contributed by atoms with Crippen LogP contribution in [0.1, 0.15) is 6.92 Å². The zero-order valence-electron chi connectivity index (χ0n) is 7.28. The van der Waals surface area contributed by atoms with E-state index < -0.39 is 0 Å². The predicted molar refractivity (Wildman–Crippen MR) is 48.5 cm³/mol. The van der Waals surface area contributed by atoms with E-state index in [0.29, 0.717) is 10.7 Å². The topological polar surface area (TPSA) is 42.8 Å². The number of H-pyrrole nitrogens is 1. The van der Waals surface area contributed by atoms with Crippen LogP contribution in [0, 0.1) is 10.7 Å². The van der Waals surface area contributed by atoms with E-state index in [2.05, 4.69) is 17.1 Å². The van der Waals surface area contributed by atoms with Crippen molar-refractivity contribution in [3.05, 3.63) is 11.1 Å². The van der Waals surface area contributed by atoms with E-state index in [1.54, 1.807) is 13.4 Å². The highest BCUT2D eigenvalue weighted by Gasteiger charge is 2.02. The van der Waals surface area contributed by atoms with E-state index in [-0.39, 0.29) is 0 Å². The molecule has 0 saturated carbocycles. The van der Waals surface area contributed by atoms with Crippen molar-refractivity contribution in [3.63, 3.8) is 0 Å². The van der Waals surface area contributed by atoms with Crippen LogP contribution in [-0.4, -0.2) is 28.5 Å². The fourth-order valence-electron chi connectivity index (χ4n) is 1.07. The van der Waals surface area contributed by atoms with Gasteiger partial charge in [0, 0.05) is 13.7 Å². The summed E-state index contributed by atoms with van der Waals surface area (Å²) >= 11 is 4.99. The Labute approximate surface area is 76.6 Å². The lowest BCUT2D eigenvalue weighted by Gasteiger charge is -2.09. The second-order valence-corrected chi connectivity index (χ2v) is 3.26.